The highest BCUT2D eigenvalue weighted by atomic mass is 32.1. The fraction of sp³-hybridized carbons (Fsp3) is 0.143. The van der Waals surface area contributed by atoms with Gasteiger partial charge in [0.1, 0.15) is 5.54 Å². The van der Waals surface area contributed by atoms with Crippen LogP contribution in [0.4, 0.5) is 0 Å². The summed E-state index contributed by atoms with van der Waals surface area (Å²) >= 11 is 1.57. The summed E-state index contributed by atoms with van der Waals surface area (Å²) in [4.78, 5) is 5.38. The van der Waals surface area contributed by atoms with Gasteiger partial charge in [0.25, 0.3) is 5.89 Å². The third kappa shape index (κ3) is 2.18. The topological polar surface area (TPSA) is 64.9 Å². The van der Waals surface area contributed by atoms with Crippen LogP contribution in [-0.2, 0) is 5.54 Å². The summed E-state index contributed by atoms with van der Waals surface area (Å²) in [6.07, 6.45) is 0. The average molecular weight is 271 g/mol. The van der Waals surface area contributed by atoms with Crippen LogP contribution in [0.1, 0.15) is 18.4 Å². The van der Waals surface area contributed by atoms with Gasteiger partial charge in [-0.1, -0.05) is 41.6 Å². The first-order valence-electron chi connectivity index (χ1n) is 5.90. The molecule has 0 saturated heterocycles. The molecule has 0 aliphatic carbocycles. The lowest BCUT2D eigenvalue weighted by molar-refractivity contribution is 0.325. The molecular weight excluding hydrogens is 258 g/mol. The highest BCUT2D eigenvalue weighted by Crippen LogP contribution is 2.28. The zero-order chi connectivity index (χ0) is 13.3. The van der Waals surface area contributed by atoms with Crippen molar-refractivity contribution in [1.29, 1.82) is 0 Å². The van der Waals surface area contributed by atoms with Crippen molar-refractivity contribution in [2.45, 2.75) is 12.5 Å². The Hall–Kier alpha value is -1.98. The molecule has 3 rings (SSSR count). The van der Waals surface area contributed by atoms with E-state index in [9.17, 15) is 0 Å². The van der Waals surface area contributed by atoms with E-state index in [0.29, 0.717) is 11.7 Å². The lowest BCUT2D eigenvalue weighted by Crippen LogP contribution is -2.34. The molecule has 4 nitrogen and oxygen atoms in total. The van der Waals surface area contributed by atoms with Crippen LogP contribution in [0.5, 0.6) is 0 Å². The summed E-state index contributed by atoms with van der Waals surface area (Å²) < 4.78 is 5.33. The van der Waals surface area contributed by atoms with Crippen LogP contribution in [0.3, 0.4) is 0 Å². The maximum Gasteiger partial charge on any atom is 0.251 e. The van der Waals surface area contributed by atoms with E-state index in [1.54, 1.807) is 11.3 Å². The number of nitrogens with zero attached hydrogens (tertiary/aromatic N) is 2. The van der Waals surface area contributed by atoms with Gasteiger partial charge in [-0.15, -0.1) is 11.3 Å². The van der Waals surface area contributed by atoms with Crippen LogP contribution >= 0.6 is 11.3 Å². The number of hydrogen-bond acceptors (Lipinski definition) is 5. The SMILES string of the molecule is CC(N)(c1ccccc1)c1nc(-c2cccs2)no1. The molecule has 0 spiro atoms. The molecule has 1 atom stereocenters. The number of rotatable bonds is 3. The van der Waals surface area contributed by atoms with E-state index in [1.807, 2.05) is 54.8 Å². The first kappa shape index (κ1) is 12.1. The van der Waals surface area contributed by atoms with Crippen molar-refractivity contribution in [3.05, 3.63) is 59.3 Å². The zero-order valence-electron chi connectivity index (χ0n) is 10.4. The minimum absolute atomic E-state index is 0.419. The lowest BCUT2D eigenvalue weighted by atomic mass is 9.93. The maximum atomic E-state index is 6.33. The minimum atomic E-state index is -0.788. The summed E-state index contributed by atoms with van der Waals surface area (Å²) in [5.74, 6) is 1.000. The average Bonchev–Trinajstić information content (AvgIpc) is 3.10. The first-order chi connectivity index (χ1) is 9.18. The van der Waals surface area contributed by atoms with Crippen LogP contribution in [0.2, 0.25) is 0 Å². The molecule has 0 fully saturated rings. The summed E-state index contributed by atoms with van der Waals surface area (Å²) in [6.45, 7) is 1.87. The van der Waals surface area contributed by atoms with Crippen molar-refractivity contribution < 1.29 is 4.52 Å². The molecule has 0 radical (unpaired) electrons. The van der Waals surface area contributed by atoms with Crippen LogP contribution in [0.15, 0.2) is 52.4 Å². The van der Waals surface area contributed by atoms with Crippen LogP contribution in [0.25, 0.3) is 10.7 Å². The Balaban J connectivity index is 1.99. The lowest BCUT2D eigenvalue weighted by Gasteiger charge is -2.19. The monoisotopic (exact) mass is 271 g/mol. The maximum absolute atomic E-state index is 6.33. The quantitative estimate of drug-likeness (QED) is 0.795. The molecule has 2 aromatic heterocycles. The molecule has 2 heterocycles. The highest BCUT2D eigenvalue weighted by molar-refractivity contribution is 7.13. The van der Waals surface area contributed by atoms with E-state index >= 15 is 0 Å². The molecule has 96 valence electrons. The van der Waals surface area contributed by atoms with Crippen molar-refractivity contribution in [3.8, 4) is 10.7 Å². The fourth-order valence-electron chi connectivity index (χ4n) is 1.85. The number of benzene rings is 1. The molecule has 1 aromatic carbocycles. The van der Waals surface area contributed by atoms with Gasteiger partial charge in [0.05, 0.1) is 4.88 Å². The summed E-state index contributed by atoms with van der Waals surface area (Å²) in [5.41, 5.74) is 6.49. The van der Waals surface area contributed by atoms with Crippen molar-refractivity contribution in [1.82, 2.24) is 10.1 Å². The molecule has 0 amide bonds. The van der Waals surface area contributed by atoms with Crippen LogP contribution < -0.4 is 5.73 Å². The number of nitrogens with two attached hydrogens (primary N) is 1. The van der Waals surface area contributed by atoms with Crippen molar-refractivity contribution >= 4 is 11.3 Å². The first-order valence-corrected chi connectivity index (χ1v) is 6.78. The standard InChI is InChI=1S/C14H13N3OS/c1-14(15,10-6-3-2-4-7-10)13-16-12(17-18-13)11-8-5-9-19-11/h2-9H,15H2,1H3. The second kappa shape index (κ2) is 4.60. The van der Waals surface area contributed by atoms with E-state index in [0.717, 1.165) is 10.4 Å². The van der Waals surface area contributed by atoms with Gasteiger partial charge in [0, 0.05) is 0 Å². The normalized spacial score (nSPS) is 14.2. The van der Waals surface area contributed by atoms with E-state index < -0.39 is 5.54 Å². The summed E-state index contributed by atoms with van der Waals surface area (Å²) in [6, 6.07) is 13.6. The van der Waals surface area contributed by atoms with E-state index in [2.05, 4.69) is 10.1 Å². The van der Waals surface area contributed by atoms with Gasteiger partial charge in [-0.3, -0.25) is 0 Å². The third-order valence-electron chi connectivity index (χ3n) is 2.99. The van der Waals surface area contributed by atoms with Crippen molar-refractivity contribution in [3.63, 3.8) is 0 Å². The molecule has 5 heteroatoms. The molecule has 0 aliphatic heterocycles. The van der Waals surface area contributed by atoms with Gasteiger partial charge in [-0.2, -0.15) is 4.98 Å². The Kier molecular flexibility index (Phi) is 2.93. The van der Waals surface area contributed by atoms with Gasteiger partial charge in [0.2, 0.25) is 5.82 Å². The number of aromatic nitrogens is 2. The Bertz CT molecular complexity index is 659. The fourth-order valence-corrected chi connectivity index (χ4v) is 2.50. The molecule has 1 unspecified atom stereocenters. The third-order valence-corrected chi connectivity index (χ3v) is 3.85. The molecule has 0 saturated carbocycles. The minimum Gasteiger partial charge on any atom is -0.337 e. The molecular formula is C14H13N3OS. The summed E-state index contributed by atoms with van der Waals surface area (Å²) in [7, 11) is 0. The van der Waals surface area contributed by atoms with Gasteiger partial charge < -0.3 is 10.3 Å². The van der Waals surface area contributed by atoms with E-state index in [1.165, 1.54) is 0 Å². The highest BCUT2D eigenvalue weighted by Gasteiger charge is 2.30. The Morgan fingerprint density at radius 1 is 1.16 bits per heavy atom. The zero-order valence-corrected chi connectivity index (χ0v) is 11.2. The molecule has 0 bridgehead atoms. The molecule has 0 aliphatic rings. The smallest absolute Gasteiger partial charge is 0.251 e. The Morgan fingerprint density at radius 2 is 1.95 bits per heavy atom. The predicted molar refractivity (Wildman–Crippen MR) is 74.7 cm³/mol. The molecule has 2 N–H and O–H groups in total. The number of thiophene rings is 1. The molecule has 19 heavy (non-hydrogen) atoms. The largest absolute Gasteiger partial charge is 0.337 e. The second-order valence-corrected chi connectivity index (χ2v) is 5.42. The van der Waals surface area contributed by atoms with E-state index in [4.69, 9.17) is 10.3 Å². The van der Waals surface area contributed by atoms with Crippen molar-refractivity contribution in [2.24, 2.45) is 5.73 Å². The van der Waals surface area contributed by atoms with Crippen LogP contribution in [-0.4, -0.2) is 10.1 Å². The van der Waals surface area contributed by atoms with Gasteiger partial charge in [0.15, 0.2) is 0 Å². The van der Waals surface area contributed by atoms with Gasteiger partial charge in [-0.25, -0.2) is 0 Å². The van der Waals surface area contributed by atoms with E-state index in [-0.39, 0.29) is 0 Å². The van der Waals surface area contributed by atoms with Gasteiger partial charge in [-0.05, 0) is 23.9 Å². The predicted octanol–water partition coefficient (Wildman–Crippen LogP) is 3.02. The summed E-state index contributed by atoms with van der Waals surface area (Å²) in [5, 5.41) is 5.97. The Labute approximate surface area is 114 Å². The van der Waals surface area contributed by atoms with Gasteiger partial charge >= 0.3 is 0 Å². The second-order valence-electron chi connectivity index (χ2n) is 4.47. The van der Waals surface area contributed by atoms with Crippen molar-refractivity contribution in [2.75, 3.05) is 0 Å². The Morgan fingerprint density at radius 3 is 2.63 bits per heavy atom. The molecule has 3 aromatic rings. The number of hydrogen-bond donors (Lipinski definition) is 1. The van der Waals surface area contributed by atoms with Crippen LogP contribution in [0, 0.1) is 0 Å².